The molecule has 0 amide bonds. The molecule has 0 radical (unpaired) electrons. The Morgan fingerprint density at radius 2 is 0.600 bits per heavy atom. The van der Waals surface area contributed by atoms with Gasteiger partial charge in [-0.1, -0.05) is 255 Å². The van der Waals surface area contributed by atoms with Crippen molar-refractivity contribution in [3.63, 3.8) is 0 Å². The lowest BCUT2D eigenvalue weighted by Crippen LogP contribution is -2.11. The van der Waals surface area contributed by atoms with Gasteiger partial charge in [0.05, 0.1) is 22.7 Å². The fraction of sp³-hybridized carbons (Fsp3) is 0.0256. The lowest BCUT2D eigenvalue weighted by atomic mass is 9.84. The summed E-state index contributed by atoms with van der Waals surface area (Å²) in [4.78, 5) is 4.99. The highest BCUT2D eigenvalue weighted by molar-refractivity contribution is 6.23. The van der Waals surface area contributed by atoms with Gasteiger partial charge in [0.15, 0.2) is 0 Å². The van der Waals surface area contributed by atoms with Crippen molar-refractivity contribution in [2.75, 3.05) is 9.80 Å². The Morgan fingerprint density at radius 1 is 0.250 bits per heavy atom. The molecule has 0 spiro atoms. The zero-order chi connectivity index (χ0) is 52.9. The predicted octanol–water partition coefficient (Wildman–Crippen LogP) is 22.3. The first-order valence-corrected chi connectivity index (χ1v) is 27.9. The van der Waals surface area contributed by atoms with E-state index in [4.69, 9.17) is 0 Å². The molecule has 0 saturated heterocycles. The van der Waals surface area contributed by atoms with Crippen LogP contribution in [0.3, 0.4) is 0 Å². The Labute approximate surface area is 466 Å². The molecular weight excluding hydrogens is 965 g/mol. The molecule has 0 atom stereocenters. The molecule has 0 aliphatic heterocycles. The van der Waals surface area contributed by atoms with Crippen molar-refractivity contribution in [2.45, 2.75) is 12.8 Å². The molecule has 2 nitrogen and oxygen atoms in total. The second kappa shape index (κ2) is 19.9. The van der Waals surface area contributed by atoms with Crippen molar-refractivity contribution in [1.82, 2.24) is 0 Å². The summed E-state index contributed by atoms with van der Waals surface area (Å²) in [6.45, 7) is 0. The summed E-state index contributed by atoms with van der Waals surface area (Å²) in [5.41, 5.74) is 16.4. The van der Waals surface area contributed by atoms with Crippen molar-refractivity contribution >= 4 is 104 Å². The van der Waals surface area contributed by atoms with Gasteiger partial charge < -0.3 is 9.80 Å². The lowest BCUT2D eigenvalue weighted by molar-refractivity contribution is 1.05. The van der Waals surface area contributed by atoms with Gasteiger partial charge in [-0.05, 0) is 149 Å². The van der Waals surface area contributed by atoms with Gasteiger partial charge in [0.1, 0.15) is 0 Å². The SMILES string of the molecule is C1=CCCC(c2ccc(-c3c4ccc(N(c5cccc6ccccc56)c5cccc6ccccc56)cc4c(-c4ccc(-c5ccccc5)cc4)c4ccc(N(c5cccc6ccccc56)c5cccc6ccccc56)cc34)cc2)=C1. The highest BCUT2D eigenvalue weighted by atomic mass is 15.2. The molecule has 14 aromatic rings. The van der Waals surface area contributed by atoms with Crippen molar-refractivity contribution in [2.24, 2.45) is 0 Å². The predicted molar refractivity (Wildman–Crippen MR) is 344 cm³/mol. The number of anilines is 6. The molecule has 0 unspecified atom stereocenters. The van der Waals surface area contributed by atoms with Crippen molar-refractivity contribution in [1.29, 1.82) is 0 Å². The van der Waals surface area contributed by atoms with Crippen LogP contribution in [0.1, 0.15) is 18.4 Å². The Kier molecular flexibility index (Phi) is 11.7. The Hall–Kier alpha value is -10.3. The first kappa shape index (κ1) is 47.0. The van der Waals surface area contributed by atoms with Gasteiger partial charge in [-0.2, -0.15) is 0 Å². The number of nitrogens with zero attached hydrogens (tertiary/aromatic N) is 2. The fourth-order valence-electron chi connectivity index (χ4n) is 12.7. The van der Waals surface area contributed by atoms with Crippen LogP contribution in [-0.4, -0.2) is 0 Å². The molecule has 0 saturated carbocycles. The van der Waals surface area contributed by atoms with Gasteiger partial charge >= 0.3 is 0 Å². The summed E-state index contributed by atoms with van der Waals surface area (Å²) in [6, 6.07) is 106. The normalized spacial score (nSPS) is 12.4. The molecule has 1 aliphatic carbocycles. The fourth-order valence-corrected chi connectivity index (χ4v) is 12.7. The van der Waals surface area contributed by atoms with Gasteiger partial charge in [-0.3, -0.25) is 0 Å². The van der Waals surface area contributed by atoms with E-state index in [1.807, 2.05) is 0 Å². The van der Waals surface area contributed by atoms with E-state index in [-0.39, 0.29) is 0 Å². The summed E-state index contributed by atoms with van der Waals surface area (Å²) in [5.74, 6) is 0. The van der Waals surface area contributed by atoms with Gasteiger partial charge in [-0.25, -0.2) is 0 Å². The second-order valence-electron chi connectivity index (χ2n) is 21.1. The number of allylic oxidation sites excluding steroid dienone is 4. The highest BCUT2D eigenvalue weighted by Crippen LogP contribution is 2.51. The molecule has 376 valence electrons. The van der Waals surface area contributed by atoms with E-state index in [1.54, 1.807) is 0 Å². The van der Waals surface area contributed by atoms with Gasteiger partial charge in [0, 0.05) is 32.9 Å². The van der Waals surface area contributed by atoms with E-state index in [9.17, 15) is 0 Å². The molecule has 1 aliphatic rings. The number of rotatable bonds is 10. The molecule has 2 heteroatoms. The zero-order valence-electron chi connectivity index (χ0n) is 44.2. The van der Waals surface area contributed by atoms with Crippen LogP contribution >= 0.6 is 0 Å². The number of hydrogen-bond acceptors (Lipinski definition) is 2. The van der Waals surface area contributed by atoms with Crippen LogP contribution in [0.25, 0.3) is 104 Å². The average Bonchev–Trinajstić information content (AvgIpc) is 3.55. The minimum Gasteiger partial charge on any atom is -0.309 e. The second-order valence-corrected chi connectivity index (χ2v) is 21.1. The van der Waals surface area contributed by atoms with Crippen LogP contribution in [0.2, 0.25) is 0 Å². The van der Waals surface area contributed by atoms with E-state index in [0.29, 0.717) is 0 Å². The maximum absolute atomic E-state index is 2.49. The number of benzene rings is 14. The summed E-state index contributed by atoms with van der Waals surface area (Å²) >= 11 is 0. The van der Waals surface area contributed by atoms with E-state index in [0.717, 1.165) is 52.5 Å². The molecular formula is C78H54N2. The average molecular weight is 1020 g/mol. The zero-order valence-corrected chi connectivity index (χ0v) is 44.2. The molecule has 15 rings (SSSR count). The first-order valence-electron chi connectivity index (χ1n) is 27.9. The standard InChI is InChI=1S/C78H54N2/c1-3-19-53(20-4-1)55-39-43-61(44-40-55)77-69-49-47-64(80(75-37-17-29-59-25-9-13-33-67(59)75)76-38-18-30-60-26-10-14-34-68(60)76)52-72(69)78(62-45-41-56(42-46-62)54-21-5-2-6-22-54)70-50-48-63(51-71(70)77)79(73-35-15-27-57-23-7-11-31-65(57)73)74-36-16-28-58-24-8-12-32-66(58)74/h1-5,7-21,23-52H,6,22H2. The number of hydrogen-bond donors (Lipinski definition) is 0. The van der Waals surface area contributed by atoms with E-state index in [2.05, 4.69) is 313 Å². The van der Waals surface area contributed by atoms with Crippen molar-refractivity contribution < 1.29 is 0 Å². The third kappa shape index (κ3) is 8.20. The van der Waals surface area contributed by atoms with E-state index >= 15 is 0 Å². The molecule has 80 heavy (non-hydrogen) atoms. The van der Waals surface area contributed by atoms with Crippen molar-refractivity contribution in [3.05, 3.63) is 309 Å². The largest absolute Gasteiger partial charge is 0.309 e. The minimum atomic E-state index is 1.04. The molecule has 14 aromatic carbocycles. The molecule has 0 fully saturated rings. The van der Waals surface area contributed by atoms with Crippen LogP contribution < -0.4 is 9.80 Å². The highest BCUT2D eigenvalue weighted by Gasteiger charge is 2.25. The molecule has 0 bridgehead atoms. The summed E-state index contributed by atoms with van der Waals surface area (Å²) in [6.07, 6.45) is 8.84. The minimum absolute atomic E-state index is 1.04. The van der Waals surface area contributed by atoms with Crippen LogP contribution in [0.15, 0.2) is 303 Å². The van der Waals surface area contributed by atoms with Gasteiger partial charge in [0.2, 0.25) is 0 Å². The monoisotopic (exact) mass is 1020 g/mol. The third-order valence-corrected chi connectivity index (χ3v) is 16.5. The van der Waals surface area contributed by atoms with Crippen LogP contribution in [-0.2, 0) is 0 Å². The quantitative estimate of drug-likeness (QED) is 0.126. The summed E-state index contributed by atoms with van der Waals surface area (Å²) < 4.78 is 0. The topological polar surface area (TPSA) is 6.48 Å². The van der Waals surface area contributed by atoms with Crippen LogP contribution in [0.4, 0.5) is 34.1 Å². The first-order chi connectivity index (χ1) is 39.7. The summed E-state index contributed by atoms with van der Waals surface area (Å²) in [5, 5.41) is 14.3. The Balaban J connectivity index is 1.05. The molecule has 0 aromatic heterocycles. The van der Waals surface area contributed by atoms with E-state index < -0.39 is 0 Å². The van der Waals surface area contributed by atoms with Gasteiger partial charge in [0.25, 0.3) is 0 Å². The number of fused-ring (bicyclic) bond motifs is 6. The maximum atomic E-state index is 2.49. The molecule has 0 N–H and O–H groups in total. The van der Waals surface area contributed by atoms with E-state index in [1.165, 1.54) is 104 Å². The lowest BCUT2D eigenvalue weighted by Gasteiger charge is -2.30. The van der Waals surface area contributed by atoms with Crippen molar-refractivity contribution in [3.8, 4) is 33.4 Å². The maximum Gasteiger partial charge on any atom is 0.0540 e. The smallest absolute Gasteiger partial charge is 0.0540 e. The Morgan fingerprint density at radius 3 is 1.00 bits per heavy atom. The molecule has 0 heterocycles. The van der Waals surface area contributed by atoms with Crippen LogP contribution in [0.5, 0.6) is 0 Å². The summed E-state index contributed by atoms with van der Waals surface area (Å²) in [7, 11) is 0. The third-order valence-electron chi connectivity index (χ3n) is 16.5. The van der Waals surface area contributed by atoms with Gasteiger partial charge in [-0.15, -0.1) is 0 Å². The Bertz CT molecular complexity index is 4580. The van der Waals surface area contributed by atoms with Crippen LogP contribution in [0, 0.1) is 0 Å².